The van der Waals surface area contributed by atoms with Gasteiger partial charge in [0.1, 0.15) is 6.33 Å². The molecule has 2 aromatic carbocycles. The van der Waals surface area contributed by atoms with E-state index in [1.165, 1.54) is 36.0 Å². The Balaban J connectivity index is 1.80. The fourth-order valence-corrected chi connectivity index (χ4v) is 3.00. The Kier molecular flexibility index (Phi) is 6.19. The van der Waals surface area contributed by atoms with E-state index in [9.17, 15) is 22.4 Å². The Morgan fingerprint density at radius 1 is 1.13 bits per heavy atom. The number of aryl methyl sites for hydroxylation is 1. The molecule has 0 saturated heterocycles. The highest BCUT2D eigenvalue weighted by Gasteiger charge is 2.32. The van der Waals surface area contributed by atoms with E-state index in [0.717, 1.165) is 6.07 Å². The summed E-state index contributed by atoms with van der Waals surface area (Å²) < 4.78 is 53.7. The molecule has 0 unspecified atom stereocenters. The standard InChI is InChI=1S/C21H19F4N5O/c1-13-5-6-14(11-17(13)21(23,24)25)27-20(31)28-18-3-2-4-19-16(18)8-10-30(19)29-15(12-22)7-9-26/h2-12,29H,26H2,1H3,(H2,27,28,31)/b9-7-,15-12+. The van der Waals surface area contributed by atoms with Crippen LogP contribution in [0.2, 0.25) is 0 Å². The van der Waals surface area contributed by atoms with Crippen molar-refractivity contribution in [2.45, 2.75) is 13.1 Å². The summed E-state index contributed by atoms with van der Waals surface area (Å²) in [6.45, 7) is 1.35. The quantitative estimate of drug-likeness (QED) is 0.319. The van der Waals surface area contributed by atoms with Crippen LogP contribution in [-0.2, 0) is 6.18 Å². The minimum absolute atomic E-state index is 0.00753. The van der Waals surface area contributed by atoms with Crippen LogP contribution in [0.3, 0.4) is 0 Å². The number of nitrogens with one attached hydrogen (secondary N) is 3. The predicted octanol–water partition coefficient (Wildman–Crippen LogP) is 5.44. The van der Waals surface area contributed by atoms with E-state index in [4.69, 9.17) is 5.73 Å². The van der Waals surface area contributed by atoms with E-state index in [1.54, 1.807) is 30.5 Å². The molecule has 1 heterocycles. The van der Waals surface area contributed by atoms with Gasteiger partial charge in [-0.05, 0) is 55.1 Å². The topological polar surface area (TPSA) is 84.1 Å². The van der Waals surface area contributed by atoms with Crippen LogP contribution >= 0.6 is 0 Å². The maximum Gasteiger partial charge on any atom is 0.416 e. The first-order valence-electron chi connectivity index (χ1n) is 9.04. The average Bonchev–Trinajstić information content (AvgIpc) is 3.12. The van der Waals surface area contributed by atoms with Crippen molar-refractivity contribution in [2.24, 2.45) is 5.73 Å². The van der Waals surface area contributed by atoms with Gasteiger partial charge in [0.05, 0.1) is 22.5 Å². The number of carbonyl (C=O) groups excluding carboxylic acids is 1. The zero-order chi connectivity index (χ0) is 22.6. The van der Waals surface area contributed by atoms with Crippen LogP contribution < -0.4 is 21.8 Å². The Morgan fingerprint density at radius 2 is 1.90 bits per heavy atom. The summed E-state index contributed by atoms with van der Waals surface area (Å²) >= 11 is 0. The number of hydrogen-bond donors (Lipinski definition) is 4. The van der Waals surface area contributed by atoms with Crippen LogP contribution in [0.4, 0.5) is 33.7 Å². The number of anilines is 2. The molecule has 0 spiro atoms. The molecule has 10 heteroatoms. The van der Waals surface area contributed by atoms with Gasteiger partial charge in [0.2, 0.25) is 0 Å². The van der Waals surface area contributed by atoms with Crippen molar-refractivity contribution in [3.63, 3.8) is 0 Å². The summed E-state index contributed by atoms with van der Waals surface area (Å²) in [5.41, 5.74) is 8.47. The minimum atomic E-state index is -4.52. The number of nitrogens with two attached hydrogens (primary N) is 1. The molecule has 0 aliphatic rings. The van der Waals surface area contributed by atoms with Crippen LogP contribution in [0.1, 0.15) is 11.1 Å². The molecule has 3 rings (SSSR count). The van der Waals surface area contributed by atoms with Crippen molar-refractivity contribution >= 4 is 28.3 Å². The highest BCUT2D eigenvalue weighted by Crippen LogP contribution is 2.33. The predicted molar refractivity (Wildman–Crippen MR) is 113 cm³/mol. The summed E-state index contributed by atoms with van der Waals surface area (Å²) in [6, 6.07) is 9.58. The molecular weight excluding hydrogens is 414 g/mol. The molecule has 0 radical (unpaired) electrons. The van der Waals surface area contributed by atoms with Crippen molar-refractivity contribution in [3.8, 4) is 0 Å². The lowest BCUT2D eigenvalue weighted by atomic mass is 10.1. The lowest BCUT2D eigenvalue weighted by Crippen LogP contribution is -2.20. The number of carbonyl (C=O) groups is 1. The molecule has 0 aliphatic carbocycles. The molecule has 0 bridgehead atoms. The Hall–Kier alpha value is -3.95. The lowest BCUT2D eigenvalue weighted by Gasteiger charge is -2.14. The Labute approximate surface area is 175 Å². The molecule has 0 fully saturated rings. The van der Waals surface area contributed by atoms with E-state index in [2.05, 4.69) is 16.1 Å². The molecule has 5 N–H and O–H groups in total. The maximum atomic E-state index is 13.1. The summed E-state index contributed by atoms with van der Waals surface area (Å²) in [4.78, 5) is 12.4. The van der Waals surface area contributed by atoms with Gasteiger partial charge in [-0.15, -0.1) is 0 Å². The van der Waals surface area contributed by atoms with Gasteiger partial charge >= 0.3 is 12.2 Å². The van der Waals surface area contributed by atoms with Crippen molar-refractivity contribution in [1.82, 2.24) is 4.68 Å². The minimum Gasteiger partial charge on any atom is -0.405 e. The second-order valence-corrected chi connectivity index (χ2v) is 6.57. The fraction of sp³-hybridized carbons (Fsp3) is 0.0952. The first kappa shape index (κ1) is 21.8. The first-order chi connectivity index (χ1) is 14.7. The van der Waals surface area contributed by atoms with Gasteiger partial charge in [-0.2, -0.15) is 13.2 Å². The van der Waals surface area contributed by atoms with E-state index in [-0.39, 0.29) is 16.9 Å². The van der Waals surface area contributed by atoms with E-state index < -0.39 is 17.8 Å². The monoisotopic (exact) mass is 433 g/mol. The highest BCUT2D eigenvalue weighted by atomic mass is 19.4. The number of aromatic nitrogens is 1. The van der Waals surface area contributed by atoms with Crippen LogP contribution in [-0.4, -0.2) is 10.7 Å². The molecule has 3 aromatic rings. The molecule has 162 valence electrons. The molecule has 6 nitrogen and oxygen atoms in total. The number of fused-ring (bicyclic) bond motifs is 1. The third-order valence-corrected chi connectivity index (χ3v) is 4.42. The summed E-state index contributed by atoms with van der Waals surface area (Å²) in [5.74, 6) is 0. The zero-order valence-corrected chi connectivity index (χ0v) is 16.3. The number of nitrogens with zero attached hydrogens (tertiary/aromatic N) is 1. The number of hydrogen-bond acceptors (Lipinski definition) is 3. The van der Waals surface area contributed by atoms with Gasteiger partial charge in [-0.3, -0.25) is 10.1 Å². The number of rotatable bonds is 5. The third-order valence-electron chi connectivity index (χ3n) is 4.42. The highest BCUT2D eigenvalue weighted by molar-refractivity contribution is 6.05. The first-order valence-corrected chi connectivity index (χ1v) is 9.04. The Bertz CT molecular complexity index is 1160. The molecule has 31 heavy (non-hydrogen) atoms. The van der Waals surface area contributed by atoms with Gasteiger partial charge in [0.25, 0.3) is 0 Å². The SMILES string of the molecule is Cc1ccc(NC(=O)Nc2cccc3c2ccn3NC(/C=C\N)=C/F)cc1C(F)(F)F. The number of allylic oxidation sites excluding steroid dienone is 1. The Morgan fingerprint density at radius 3 is 2.58 bits per heavy atom. The molecular formula is C21H19F4N5O. The van der Waals surface area contributed by atoms with Crippen molar-refractivity contribution in [3.05, 3.63) is 84.1 Å². The maximum absolute atomic E-state index is 13.1. The lowest BCUT2D eigenvalue weighted by molar-refractivity contribution is -0.138. The van der Waals surface area contributed by atoms with Crippen LogP contribution in [0.15, 0.2) is 73.0 Å². The summed E-state index contributed by atoms with van der Waals surface area (Å²) in [5, 5.41) is 5.65. The van der Waals surface area contributed by atoms with E-state index in [1.807, 2.05) is 0 Å². The zero-order valence-electron chi connectivity index (χ0n) is 16.3. The van der Waals surface area contributed by atoms with E-state index in [0.29, 0.717) is 22.9 Å². The largest absolute Gasteiger partial charge is 0.416 e. The summed E-state index contributed by atoms with van der Waals surface area (Å²) in [7, 11) is 0. The second-order valence-electron chi connectivity index (χ2n) is 6.57. The number of benzene rings is 2. The summed E-state index contributed by atoms with van der Waals surface area (Å²) in [6.07, 6.45) is -0.0423. The fourth-order valence-electron chi connectivity index (χ4n) is 3.00. The number of amides is 2. The second kappa shape index (κ2) is 8.82. The smallest absolute Gasteiger partial charge is 0.405 e. The third kappa shape index (κ3) is 4.97. The van der Waals surface area contributed by atoms with Crippen LogP contribution in [0, 0.1) is 6.92 Å². The van der Waals surface area contributed by atoms with Gasteiger partial charge in [-0.25, -0.2) is 9.18 Å². The molecule has 1 aromatic heterocycles. The van der Waals surface area contributed by atoms with Crippen LogP contribution in [0.5, 0.6) is 0 Å². The molecule has 2 amide bonds. The average molecular weight is 433 g/mol. The van der Waals surface area contributed by atoms with Crippen LogP contribution in [0.25, 0.3) is 10.9 Å². The van der Waals surface area contributed by atoms with Gasteiger partial charge < -0.3 is 16.4 Å². The van der Waals surface area contributed by atoms with Gasteiger partial charge in [0, 0.05) is 17.3 Å². The van der Waals surface area contributed by atoms with Crippen molar-refractivity contribution < 1.29 is 22.4 Å². The van der Waals surface area contributed by atoms with E-state index >= 15 is 0 Å². The number of alkyl halides is 3. The normalized spacial score (nSPS) is 12.4. The number of halogens is 4. The van der Waals surface area contributed by atoms with Gasteiger partial charge in [0.15, 0.2) is 0 Å². The molecule has 0 saturated carbocycles. The van der Waals surface area contributed by atoms with Crippen molar-refractivity contribution in [1.29, 1.82) is 0 Å². The molecule has 0 atom stereocenters. The van der Waals surface area contributed by atoms with Crippen molar-refractivity contribution in [2.75, 3.05) is 16.1 Å². The number of urea groups is 1. The molecule has 0 aliphatic heterocycles. The van der Waals surface area contributed by atoms with Gasteiger partial charge in [-0.1, -0.05) is 12.1 Å².